The molecule has 0 radical (unpaired) electrons. The van der Waals surface area contributed by atoms with E-state index in [4.69, 9.17) is 9.47 Å². The van der Waals surface area contributed by atoms with Crippen LogP contribution in [-0.2, 0) is 9.47 Å². The summed E-state index contributed by atoms with van der Waals surface area (Å²) in [7, 11) is 1.81. The molecule has 0 aromatic carbocycles. The molecule has 0 aromatic heterocycles. The average molecular weight is 227 g/mol. The van der Waals surface area contributed by atoms with E-state index in [1.54, 1.807) is 7.11 Å². The molecule has 3 heteroatoms. The van der Waals surface area contributed by atoms with Gasteiger partial charge in [0.1, 0.15) is 0 Å². The lowest BCUT2D eigenvalue weighted by molar-refractivity contribution is 0.131. The first-order chi connectivity index (χ1) is 7.85. The van der Waals surface area contributed by atoms with E-state index in [0.717, 1.165) is 26.4 Å². The zero-order valence-corrected chi connectivity index (χ0v) is 10.5. The highest BCUT2D eigenvalue weighted by Gasteiger charge is 2.34. The molecule has 2 aliphatic rings. The third-order valence-electron chi connectivity index (χ3n) is 4.20. The first kappa shape index (κ1) is 12.3. The molecule has 0 bridgehead atoms. The van der Waals surface area contributed by atoms with Crippen molar-refractivity contribution in [3.8, 4) is 0 Å². The molecule has 1 heterocycles. The van der Waals surface area contributed by atoms with Crippen molar-refractivity contribution in [1.29, 1.82) is 0 Å². The Kier molecular flexibility index (Phi) is 4.62. The normalized spacial score (nSPS) is 28.7. The summed E-state index contributed by atoms with van der Waals surface area (Å²) in [6, 6.07) is 0.597. The number of methoxy groups -OCH3 is 1. The standard InChI is InChI=1S/C13H25NO2/c1-15-9-7-13(5-2-3-6-13)11-14-12-4-8-16-10-12/h12,14H,2-11H2,1H3. The molecular formula is C13H25NO2. The highest BCUT2D eigenvalue weighted by atomic mass is 16.5. The van der Waals surface area contributed by atoms with Crippen molar-refractivity contribution >= 4 is 0 Å². The van der Waals surface area contributed by atoms with Gasteiger partial charge in [0.05, 0.1) is 6.61 Å². The minimum atomic E-state index is 0.512. The molecule has 1 aliphatic heterocycles. The Balaban J connectivity index is 1.77. The van der Waals surface area contributed by atoms with Crippen molar-refractivity contribution < 1.29 is 9.47 Å². The van der Waals surface area contributed by atoms with Gasteiger partial charge in [-0.25, -0.2) is 0 Å². The van der Waals surface area contributed by atoms with Crippen molar-refractivity contribution in [2.24, 2.45) is 5.41 Å². The van der Waals surface area contributed by atoms with E-state index in [1.165, 1.54) is 38.5 Å². The van der Waals surface area contributed by atoms with Gasteiger partial charge < -0.3 is 14.8 Å². The molecule has 1 saturated heterocycles. The molecule has 1 atom stereocenters. The van der Waals surface area contributed by atoms with Crippen LogP contribution in [0.5, 0.6) is 0 Å². The van der Waals surface area contributed by atoms with Gasteiger partial charge >= 0.3 is 0 Å². The second kappa shape index (κ2) is 5.99. The maximum absolute atomic E-state index is 5.40. The van der Waals surface area contributed by atoms with Gasteiger partial charge in [0.2, 0.25) is 0 Å². The maximum Gasteiger partial charge on any atom is 0.0620 e. The Morgan fingerprint density at radius 3 is 2.81 bits per heavy atom. The maximum atomic E-state index is 5.40. The molecular weight excluding hydrogens is 202 g/mol. The van der Waals surface area contributed by atoms with Gasteiger partial charge in [-0.2, -0.15) is 0 Å². The van der Waals surface area contributed by atoms with Crippen LogP contribution in [0.25, 0.3) is 0 Å². The summed E-state index contributed by atoms with van der Waals surface area (Å²) in [5, 5.41) is 3.69. The molecule has 2 fully saturated rings. The van der Waals surface area contributed by atoms with Crippen LogP contribution >= 0.6 is 0 Å². The molecule has 1 unspecified atom stereocenters. The Hall–Kier alpha value is -0.120. The van der Waals surface area contributed by atoms with Crippen molar-refractivity contribution in [3.63, 3.8) is 0 Å². The largest absolute Gasteiger partial charge is 0.385 e. The summed E-state index contributed by atoms with van der Waals surface area (Å²) in [6.07, 6.45) is 7.93. The smallest absolute Gasteiger partial charge is 0.0620 e. The summed E-state index contributed by atoms with van der Waals surface area (Å²) in [5.74, 6) is 0. The van der Waals surface area contributed by atoms with Crippen LogP contribution in [0.3, 0.4) is 0 Å². The Morgan fingerprint density at radius 1 is 1.38 bits per heavy atom. The monoisotopic (exact) mass is 227 g/mol. The van der Waals surface area contributed by atoms with Crippen LogP contribution in [0.15, 0.2) is 0 Å². The molecule has 94 valence electrons. The van der Waals surface area contributed by atoms with Crippen molar-refractivity contribution in [2.45, 2.75) is 44.6 Å². The first-order valence-electron chi connectivity index (χ1n) is 6.65. The summed E-state index contributed by atoms with van der Waals surface area (Å²) in [6.45, 7) is 3.90. The van der Waals surface area contributed by atoms with E-state index < -0.39 is 0 Å². The van der Waals surface area contributed by atoms with Crippen LogP contribution < -0.4 is 5.32 Å². The predicted molar refractivity (Wildman–Crippen MR) is 64.6 cm³/mol. The fourth-order valence-corrected chi connectivity index (χ4v) is 3.02. The van der Waals surface area contributed by atoms with Crippen molar-refractivity contribution in [2.75, 3.05) is 33.5 Å². The molecule has 3 nitrogen and oxygen atoms in total. The SMILES string of the molecule is COCCC1(CNC2CCOC2)CCCC1. The van der Waals surface area contributed by atoms with Crippen molar-refractivity contribution in [3.05, 3.63) is 0 Å². The lowest BCUT2D eigenvalue weighted by Gasteiger charge is -2.30. The Bertz CT molecular complexity index is 196. The summed E-state index contributed by atoms with van der Waals surface area (Å²) in [5.41, 5.74) is 0.512. The van der Waals surface area contributed by atoms with Gasteiger partial charge in [-0.1, -0.05) is 12.8 Å². The molecule has 1 N–H and O–H groups in total. The molecule has 0 spiro atoms. The first-order valence-corrected chi connectivity index (χ1v) is 6.65. The van der Waals surface area contributed by atoms with E-state index in [2.05, 4.69) is 5.32 Å². The fraction of sp³-hybridized carbons (Fsp3) is 1.00. The molecule has 16 heavy (non-hydrogen) atoms. The Labute approximate surface area is 98.9 Å². The van der Waals surface area contributed by atoms with Crippen LogP contribution in [0.1, 0.15) is 38.5 Å². The quantitative estimate of drug-likeness (QED) is 0.752. The highest BCUT2D eigenvalue weighted by Crippen LogP contribution is 2.40. The number of ether oxygens (including phenoxy) is 2. The van der Waals surface area contributed by atoms with Gasteiger partial charge in [-0.15, -0.1) is 0 Å². The van der Waals surface area contributed by atoms with Crippen molar-refractivity contribution in [1.82, 2.24) is 5.32 Å². The summed E-state index contributed by atoms with van der Waals surface area (Å²) < 4.78 is 10.6. The number of nitrogens with one attached hydrogen (secondary N) is 1. The molecule has 2 rings (SSSR count). The summed E-state index contributed by atoms with van der Waals surface area (Å²) >= 11 is 0. The molecule has 0 aromatic rings. The minimum Gasteiger partial charge on any atom is -0.385 e. The average Bonchev–Trinajstić information content (AvgIpc) is 2.96. The molecule has 1 aliphatic carbocycles. The fourth-order valence-electron chi connectivity index (χ4n) is 3.02. The summed E-state index contributed by atoms with van der Waals surface area (Å²) in [4.78, 5) is 0. The van der Waals surface area contributed by atoms with E-state index in [-0.39, 0.29) is 0 Å². The van der Waals surface area contributed by atoms with Gasteiger partial charge in [0.15, 0.2) is 0 Å². The number of hydrogen-bond acceptors (Lipinski definition) is 3. The number of hydrogen-bond donors (Lipinski definition) is 1. The lowest BCUT2D eigenvalue weighted by atomic mass is 9.82. The van der Waals surface area contributed by atoms with Crippen LogP contribution in [0, 0.1) is 5.41 Å². The van der Waals surface area contributed by atoms with Gasteiger partial charge in [0, 0.05) is 32.9 Å². The third kappa shape index (κ3) is 3.19. The third-order valence-corrected chi connectivity index (χ3v) is 4.20. The topological polar surface area (TPSA) is 30.5 Å². The second-order valence-corrected chi connectivity index (χ2v) is 5.39. The van der Waals surface area contributed by atoms with Crippen LogP contribution in [0.2, 0.25) is 0 Å². The van der Waals surface area contributed by atoms with E-state index in [1.807, 2.05) is 0 Å². The lowest BCUT2D eigenvalue weighted by Crippen LogP contribution is -2.39. The highest BCUT2D eigenvalue weighted by molar-refractivity contribution is 4.88. The van der Waals surface area contributed by atoms with Gasteiger partial charge in [-0.3, -0.25) is 0 Å². The van der Waals surface area contributed by atoms with Gasteiger partial charge in [-0.05, 0) is 31.1 Å². The second-order valence-electron chi connectivity index (χ2n) is 5.39. The molecule has 0 amide bonds. The van der Waals surface area contributed by atoms with Crippen LogP contribution in [-0.4, -0.2) is 39.5 Å². The Morgan fingerprint density at radius 2 is 2.19 bits per heavy atom. The predicted octanol–water partition coefficient (Wildman–Crippen LogP) is 1.96. The number of rotatable bonds is 6. The van der Waals surface area contributed by atoms with E-state index in [9.17, 15) is 0 Å². The molecule has 1 saturated carbocycles. The van der Waals surface area contributed by atoms with E-state index in [0.29, 0.717) is 11.5 Å². The van der Waals surface area contributed by atoms with E-state index >= 15 is 0 Å². The van der Waals surface area contributed by atoms with Crippen LogP contribution in [0.4, 0.5) is 0 Å². The van der Waals surface area contributed by atoms with Gasteiger partial charge in [0.25, 0.3) is 0 Å². The zero-order valence-electron chi connectivity index (χ0n) is 10.5. The minimum absolute atomic E-state index is 0.512. The zero-order chi connectivity index (χ0) is 11.3.